The molecule has 2 rings (SSSR count). The first-order valence-electron chi connectivity index (χ1n) is 8.11. The summed E-state index contributed by atoms with van der Waals surface area (Å²) in [4.78, 5) is 0. The Balaban J connectivity index is 1.76. The van der Waals surface area contributed by atoms with E-state index in [-0.39, 0.29) is 0 Å². The van der Waals surface area contributed by atoms with Gasteiger partial charge in [-0.05, 0) is 12.8 Å². The average Bonchev–Trinajstić information content (AvgIpc) is 2.87. The molecule has 2 saturated carbocycles. The second kappa shape index (κ2) is 6.38. The fraction of sp³-hybridized carbons (Fsp3) is 1.00. The molecular weight excluding hydrogens is 224 g/mol. The van der Waals surface area contributed by atoms with E-state index in [0.717, 1.165) is 25.7 Å². The summed E-state index contributed by atoms with van der Waals surface area (Å²) in [5.74, 6) is 0. The van der Waals surface area contributed by atoms with Crippen LogP contribution >= 0.6 is 0 Å². The molecule has 0 amide bonds. The highest BCUT2D eigenvalue weighted by Crippen LogP contribution is 2.54. The molecule has 0 spiro atoms. The normalized spacial score (nSPS) is 40.3. The van der Waals surface area contributed by atoms with Gasteiger partial charge in [-0.1, -0.05) is 70.6 Å². The summed E-state index contributed by atoms with van der Waals surface area (Å²) in [7, 11) is 0. The maximum Gasteiger partial charge on any atom is 0.0962 e. The first-order chi connectivity index (χ1) is 8.66. The summed E-state index contributed by atoms with van der Waals surface area (Å²) < 4.78 is 0. The Morgan fingerprint density at radius 2 is 0.722 bits per heavy atom. The van der Waals surface area contributed by atoms with E-state index in [0.29, 0.717) is 6.42 Å². The van der Waals surface area contributed by atoms with Crippen LogP contribution in [0.15, 0.2) is 0 Å². The molecule has 2 unspecified atom stereocenters. The Hall–Kier alpha value is -0.0800. The minimum absolute atomic E-state index is 0.625. The van der Waals surface area contributed by atoms with Crippen molar-refractivity contribution in [1.82, 2.24) is 0 Å². The lowest BCUT2D eigenvalue weighted by Crippen LogP contribution is -2.25. The standard InChI is InChI=1S/C16H30O2/c17-15-12-10-8-6-4-2-1-3-5-7-9-11-13-16(15,18)14-15/h17-18H,1-14H2. The molecule has 2 N–H and O–H groups in total. The summed E-state index contributed by atoms with van der Waals surface area (Å²) >= 11 is 0. The van der Waals surface area contributed by atoms with Crippen molar-refractivity contribution in [1.29, 1.82) is 0 Å². The highest BCUT2D eigenvalue weighted by atomic mass is 16.4. The van der Waals surface area contributed by atoms with Crippen molar-refractivity contribution in [3.63, 3.8) is 0 Å². The SMILES string of the molecule is OC12CCCCCCCCCCCCCC1(O)C2. The van der Waals surface area contributed by atoms with Gasteiger partial charge in [-0.2, -0.15) is 0 Å². The second-order valence-electron chi connectivity index (χ2n) is 6.63. The molecule has 2 atom stereocenters. The zero-order valence-corrected chi connectivity index (χ0v) is 11.8. The fourth-order valence-corrected chi connectivity index (χ4v) is 3.51. The van der Waals surface area contributed by atoms with Gasteiger partial charge < -0.3 is 10.2 Å². The molecule has 0 aromatic rings. The van der Waals surface area contributed by atoms with Crippen LogP contribution in [0.1, 0.15) is 89.9 Å². The van der Waals surface area contributed by atoms with E-state index in [2.05, 4.69) is 0 Å². The van der Waals surface area contributed by atoms with Crippen LogP contribution in [0, 0.1) is 0 Å². The summed E-state index contributed by atoms with van der Waals surface area (Å²) in [5, 5.41) is 20.6. The predicted octanol–water partition coefficient (Wildman–Crippen LogP) is 3.94. The van der Waals surface area contributed by atoms with Crippen LogP contribution in [0.3, 0.4) is 0 Å². The zero-order valence-electron chi connectivity index (χ0n) is 11.8. The molecule has 0 aliphatic heterocycles. The molecule has 0 saturated heterocycles. The van der Waals surface area contributed by atoms with Gasteiger partial charge in [-0.25, -0.2) is 0 Å². The van der Waals surface area contributed by atoms with Crippen molar-refractivity contribution < 1.29 is 10.2 Å². The van der Waals surface area contributed by atoms with Crippen LogP contribution in [-0.4, -0.2) is 21.4 Å². The highest BCUT2D eigenvalue weighted by Gasteiger charge is 2.64. The zero-order chi connectivity index (χ0) is 12.9. The van der Waals surface area contributed by atoms with Crippen LogP contribution in [0.2, 0.25) is 0 Å². The quantitative estimate of drug-likeness (QED) is 0.687. The lowest BCUT2D eigenvalue weighted by atomic mass is 10.0. The van der Waals surface area contributed by atoms with Crippen molar-refractivity contribution in [3.8, 4) is 0 Å². The molecule has 0 aromatic carbocycles. The molecule has 0 bridgehead atoms. The van der Waals surface area contributed by atoms with Gasteiger partial charge in [-0.15, -0.1) is 0 Å². The van der Waals surface area contributed by atoms with E-state index in [1.165, 1.54) is 57.8 Å². The maximum absolute atomic E-state index is 10.3. The summed E-state index contributed by atoms with van der Waals surface area (Å²) in [5.41, 5.74) is -1.46. The lowest BCUT2D eigenvalue weighted by Gasteiger charge is -2.16. The van der Waals surface area contributed by atoms with Gasteiger partial charge in [0.15, 0.2) is 0 Å². The van der Waals surface area contributed by atoms with Crippen LogP contribution in [0.5, 0.6) is 0 Å². The summed E-state index contributed by atoms with van der Waals surface area (Å²) in [6.45, 7) is 0. The third-order valence-corrected chi connectivity index (χ3v) is 5.01. The van der Waals surface area contributed by atoms with Crippen molar-refractivity contribution in [3.05, 3.63) is 0 Å². The first kappa shape index (κ1) is 14.3. The maximum atomic E-state index is 10.3. The minimum Gasteiger partial charge on any atom is -0.387 e. The molecule has 18 heavy (non-hydrogen) atoms. The van der Waals surface area contributed by atoms with Gasteiger partial charge in [0.05, 0.1) is 11.2 Å². The largest absolute Gasteiger partial charge is 0.387 e. The number of aliphatic hydroxyl groups is 2. The fourth-order valence-electron chi connectivity index (χ4n) is 3.51. The average molecular weight is 254 g/mol. The Labute approximate surface area is 112 Å². The van der Waals surface area contributed by atoms with Crippen LogP contribution in [-0.2, 0) is 0 Å². The third kappa shape index (κ3) is 3.71. The van der Waals surface area contributed by atoms with Crippen LogP contribution in [0.4, 0.5) is 0 Å². The molecule has 0 radical (unpaired) electrons. The van der Waals surface area contributed by atoms with Crippen molar-refractivity contribution >= 4 is 0 Å². The van der Waals surface area contributed by atoms with Crippen molar-refractivity contribution in [2.24, 2.45) is 0 Å². The van der Waals surface area contributed by atoms with E-state index in [4.69, 9.17) is 0 Å². The minimum atomic E-state index is -0.729. The van der Waals surface area contributed by atoms with Crippen molar-refractivity contribution in [2.75, 3.05) is 0 Å². The third-order valence-electron chi connectivity index (χ3n) is 5.01. The van der Waals surface area contributed by atoms with Crippen molar-refractivity contribution in [2.45, 2.75) is 101 Å². The van der Waals surface area contributed by atoms with Gasteiger partial charge in [0.25, 0.3) is 0 Å². The number of hydrogen-bond donors (Lipinski definition) is 2. The van der Waals surface area contributed by atoms with E-state index >= 15 is 0 Å². The van der Waals surface area contributed by atoms with Crippen LogP contribution in [0.25, 0.3) is 0 Å². The Morgan fingerprint density at radius 1 is 0.444 bits per heavy atom. The molecule has 0 aromatic heterocycles. The molecular formula is C16H30O2. The molecule has 2 aliphatic rings. The Kier molecular flexibility index (Phi) is 5.08. The van der Waals surface area contributed by atoms with E-state index in [1.807, 2.05) is 0 Å². The van der Waals surface area contributed by atoms with Gasteiger partial charge in [0, 0.05) is 6.42 Å². The molecule has 0 heterocycles. The topological polar surface area (TPSA) is 40.5 Å². The van der Waals surface area contributed by atoms with E-state index in [9.17, 15) is 10.2 Å². The second-order valence-corrected chi connectivity index (χ2v) is 6.63. The summed E-state index contributed by atoms with van der Waals surface area (Å²) in [6, 6.07) is 0. The number of hydrogen-bond acceptors (Lipinski definition) is 2. The first-order valence-corrected chi connectivity index (χ1v) is 8.11. The molecule has 2 aliphatic carbocycles. The molecule has 2 fully saturated rings. The lowest BCUT2D eigenvalue weighted by molar-refractivity contribution is 0.00715. The Bertz CT molecular complexity index is 229. The Morgan fingerprint density at radius 3 is 1.06 bits per heavy atom. The summed E-state index contributed by atoms with van der Waals surface area (Å²) in [6.07, 6.45) is 16.3. The van der Waals surface area contributed by atoms with Gasteiger partial charge in [0.2, 0.25) is 0 Å². The number of rotatable bonds is 0. The molecule has 2 nitrogen and oxygen atoms in total. The molecule has 2 heteroatoms. The van der Waals surface area contributed by atoms with E-state index < -0.39 is 11.2 Å². The smallest absolute Gasteiger partial charge is 0.0962 e. The van der Waals surface area contributed by atoms with Gasteiger partial charge in [0.1, 0.15) is 0 Å². The van der Waals surface area contributed by atoms with E-state index in [1.54, 1.807) is 0 Å². The number of fused-ring (bicyclic) bond motifs is 1. The predicted molar refractivity (Wildman–Crippen MR) is 74.5 cm³/mol. The molecule has 106 valence electrons. The highest BCUT2D eigenvalue weighted by molar-refractivity contribution is 5.17. The van der Waals surface area contributed by atoms with Gasteiger partial charge in [-0.3, -0.25) is 0 Å². The van der Waals surface area contributed by atoms with Gasteiger partial charge >= 0.3 is 0 Å². The monoisotopic (exact) mass is 254 g/mol. The van der Waals surface area contributed by atoms with Crippen LogP contribution < -0.4 is 0 Å².